The molecule has 0 heterocycles. The van der Waals surface area contributed by atoms with Crippen LogP contribution < -0.4 is 9.47 Å². The molecule has 3 fully saturated rings. The fraction of sp³-hybridized carbons (Fsp3) is 0.711. The van der Waals surface area contributed by atoms with Crippen LogP contribution >= 0.6 is 0 Å². The van der Waals surface area contributed by atoms with E-state index in [1.165, 1.54) is 5.57 Å². The monoisotopic (exact) mass is 592 g/mol. The molecule has 1 N–H and O–H groups in total. The van der Waals surface area contributed by atoms with Gasteiger partial charge in [-0.1, -0.05) is 65.3 Å². The summed E-state index contributed by atoms with van der Waals surface area (Å²) in [6.45, 7) is 14.2. The van der Waals surface area contributed by atoms with Crippen molar-refractivity contribution < 1.29 is 24.1 Å². The Hall–Kier alpha value is -2.27. The molecule has 0 aromatic heterocycles. The Morgan fingerprint density at radius 3 is 2.42 bits per heavy atom. The highest BCUT2D eigenvalue weighted by Gasteiger charge is 2.69. The third-order valence-electron chi connectivity index (χ3n) is 12.8. The van der Waals surface area contributed by atoms with E-state index < -0.39 is 5.60 Å². The molecule has 0 bridgehead atoms. The highest BCUT2D eigenvalue weighted by molar-refractivity contribution is 5.90. The minimum Gasteiger partial charge on any atom is -0.493 e. The van der Waals surface area contributed by atoms with Gasteiger partial charge in [-0.3, -0.25) is 0 Å². The number of methoxy groups -OCH3 is 2. The maximum Gasteiger partial charge on any atom is 0.338 e. The summed E-state index contributed by atoms with van der Waals surface area (Å²) in [6, 6.07) is 5.35. The zero-order chi connectivity index (χ0) is 31.2. The van der Waals surface area contributed by atoms with Crippen molar-refractivity contribution in [3.05, 3.63) is 47.6 Å². The summed E-state index contributed by atoms with van der Waals surface area (Å²) in [5.74, 6) is 3.65. The molecule has 5 nitrogen and oxygen atoms in total. The highest BCUT2D eigenvalue weighted by Crippen LogP contribution is 2.70. The lowest BCUT2D eigenvalue weighted by atomic mass is 9.45. The Morgan fingerprint density at radius 2 is 1.74 bits per heavy atom. The number of ether oxygens (including phenoxy) is 3. The Balaban J connectivity index is 1.54. The molecule has 0 aliphatic heterocycles. The van der Waals surface area contributed by atoms with Gasteiger partial charge in [0.2, 0.25) is 0 Å². The van der Waals surface area contributed by atoms with Crippen molar-refractivity contribution in [1.82, 2.24) is 0 Å². The maximum absolute atomic E-state index is 14.2. The van der Waals surface area contributed by atoms with Crippen molar-refractivity contribution >= 4 is 5.97 Å². The van der Waals surface area contributed by atoms with Gasteiger partial charge in [0.1, 0.15) is 5.60 Å². The number of esters is 1. The molecule has 9 atom stereocenters. The van der Waals surface area contributed by atoms with Crippen molar-refractivity contribution in [3.63, 3.8) is 0 Å². The third kappa shape index (κ3) is 5.36. The van der Waals surface area contributed by atoms with Crippen LogP contribution in [0.4, 0.5) is 0 Å². The van der Waals surface area contributed by atoms with E-state index >= 15 is 0 Å². The van der Waals surface area contributed by atoms with E-state index in [0.717, 1.165) is 57.8 Å². The normalized spacial score (nSPS) is 36.7. The minimum atomic E-state index is -0.545. The van der Waals surface area contributed by atoms with E-state index in [1.807, 2.05) is 0 Å². The highest BCUT2D eigenvalue weighted by atomic mass is 16.6. The molecule has 0 saturated heterocycles. The van der Waals surface area contributed by atoms with E-state index in [2.05, 4.69) is 59.8 Å². The molecule has 0 amide bonds. The summed E-state index contributed by atoms with van der Waals surface area (Å²) in [5, 5.41) is 10.5. The molecule has 5 rings (SSSR count). The first-order chi connectivity index (χ1) is 20.4. The van der Waals surface area contributed by atoms with Crippen LogP contribution in [0, 0.1) is 46.3 Å². The summed E-state index contributed by atoms with van der Waals surface area (Å²) in [4.78, 5) is 14.2. The number of hydrogen-bond acceptors (Lipinski definition) is 5. The Bertz CT molecular complexity index is 1230. The van der Waals surface area contributed by atoms with E-state index in [4.69, 9.17) is 14.2 Å². The maximum atomic E-state index is 14.2. The van der Waals surface area contributed by atoms with Crippen LogP contribution in [0.1, 0.15) is 110 Å². The van der Waals surface area contributed by atoms with Crippen LogP contribution in [0.2, 0.25) is 0 Å². The second kappa shape index (κ2) is 12.3. The summed E-state index contributed by atoms with van der Waals surface area (Å²) in [5.41, 5.74) is 1.33. The summed E-state index contributed by atoms with van der Waals surface area (Å²) < 4.78 is 18.0. The van der Waals surface area contributed by atoms with Crippen LogP contribution in [0.25, 0.3) is 0 Å². The number of hydrogen-bond donors (Lipinski definition) is 1. The SMILES string of the molecule is CC[C@H](C=C[C@@H](C)[C@H]1CC[C@@]2(OC(=O)c3ccc(OC)c(OC)c3)[C@@H]3CC=C4C[C@@H](O)CC[C@]4(C)[C@H]3CC[C@]12C)C(C)C. The third-order valence-corrected chi connectivity index (χ3v) is 12.8. The van der Waals surface area contributed by atoms with Crippen LogP contribution in [-0.2, 0) is 4.74 Å². The Labute approximate surface area is 260 Å². The molecule has 4 aliphatic carbocycles. The molecule has 5 heteroatoms. The quantitative estimate of drug-likeness (QED) is 0.229. The Morgan fingerprint density at radius 1 is 1.00 bits per heavy atom. The Kier molecular flexibility index (Phi) is 9.16. The average Bonchev–Trinajstić information content (AvgIpc) is 3.29. The van der Waals surface area contributed by atoms with Crippen LogP contribution in [0.15, 0.2) is 42.0 Å². The predicted molar refractivity (Wildman–Crippen MR) is 172 cm³/mol. The first kappa shape index (κ1) is 32.1. The van der Waals surface area contributed by atoms with Crippen molar-refractivity contribution in [3.8, 4) is 11.5 Å². The molecule has 0 radical (unpaired) electrons. The number of carbonyl (C=O) groups is 1. The molecule has 238 valence electrons. The topological polar surface area (TPSA) is 65.0 Å². The van der Waals surface area contributed by atoms with Gasteiger partial charge in [0.15, 0.2) is 11.5 Å². The summed E-state index contributed by atoms with van der Waals surface area (Å²) in [7, 11) is 3.21. The van der Waals surface area contributed by atoms with Crippen LogP contribution in [0.5, 0.6) is 11.5 Å². The van der Waals surface area contributed by atoms with Crippen molar-refractivity contribution in [1.29, 1.82) is 0 Å². The number of rotatable bonds is 9. The number of allylic oxidation sites excluding steroid dienone is 3. The zero-order valence-corrected chi connectivity index (χ0v) is 27.9. The molecule has 3 saturated carbocycles. The molecule has 4 aliphatic rings. The van der Waals surface area contributed by atoms with Gasteiger partial charge < -0.3 is 19.3 Å². The lowest BCUT2D eigenvalue weighted by molar-refractivity contribution is -0.184. The van der Waals surface area contributed by atoms with Gasteiger partial charge in [-0.25, -0.2) is 4.79 Å². The predicted octanol–water partition coefficient (Wildman–Crippen LogP) is 8.80. The lowest BCUT2D eigenvalue weighted by Gasteiger charge is -2.62. The van der Waals surface area contributed by atoms with Gasteiger partial charge in [0.25, 0.3) is 0 Å². The zero-order valence-electron chi connectivity index (χ0n) is 27.9. The van der Waals surface area contributed by atoms with Crippen molar-refractivity contribution in [2.75, 3.05) is 14.2 Å². The van der Waals surface area contributed by atoms with Gasteiger partial charge in [0.05, 0.1) is 25.9 Å². The second-order valence-electron chi connectivity index (χ2n) is 15.0. The number of aliphatic hydroxyl groups excluding tert-OH is 1. The van der Waals surface area contributed by atoms with Crippen molar-refractivity contribution in [2.24, 2.45) is 46.3 Å². The lowest BCUT2D eigenvalue weighted by Crippen LogP contribution is -2.62. The number of carbonyl (C=O) groups excluding carboxylic acids is 1. The van der Waals surface area contributed by atoms with E-state index in [1.54, 1.807) is 32.4 Å². The van der Waals surface area contributed by atoms with Gasteiger partial charge in [-0.2, -0.15) is 0 Å². The first-order valence-electron chi connectivity index (χ1n) is 16.9. The van der Waals surface area contributed by atoms with E-state index in [-0.39, 0.29) is 28.8 Å². The minimum absolute atomic E-state index is 0.0570. The van der Waals surface area contributed by atoms with Gasteiger partial charge in [0, 0.05) is 11.3 Å². The summed E-state index contributed by atoms with van der Waals surface area (Å²) >= 11 is 0. The van der Waals surface area contributed by atoms with Crippen molar-refractivity contribution in [2.45, 2.75) is 111 Å². The molecular weight excluding hydrogens is 536 g/mol. The molecule has 1 aromatic rings. The summed E-state index contributed by atoms with van der Waals surface area (Å²) in [6.07, 6.45) is 16.0. The molecular formula is C38H56O5. The largest absolute Gasteiger partial charge is 0.493 e. The average molecular weight is 593 g/mol. The van der Waals surface area contributed by atoms with Crippen LogP contribution in [-0.4, -0.2) is 37.0 Å². The number of fused-ring (bicyclic) bond motifs is 5. The number of aliphatic hydroxyl groups is 1. The first-order valence-corrected chi connectivity index (χ1v) is 16.9. The fourth-order valence-electron chi connectivity index (χ4n) is 10.2. The van der Waals surface area contributed by atoms with Gasteiger partial charge in [-0.15, -0.1) is 0 Å². The molecule has 0 unspecified atom stereocenters. The second-order valence-corrected chi connectivity index (χ2v) is 15.0. The fourth-order valence-corrected chi connectivity index (χ4v) is 10.2. The van der Waals surface area contributed by atoms with Gasteiger partial charge in [-0.05, 0) is 111 Å². The van der Waals surface area contributed by atoms with Crippen LogP contribution in [0.3, 0.4) is 0 Å². The van der Waals surface area contributed by atoms with E-state index in [9.17, 15) is 9.90 Å². The van der Waals surface area contributed by atoms with E-state index in [0.29, 0.717) is 46.7 Å². The standard InChI is InChI=1S/C38H56O5/c1-9-26(24(2)3)11-10-25(4)30-18-21-38(43-35(40)27-12-15-33(41-7)34(22-27)42-8)32-14-13-28-23-29(39)16-19-36(28,5)31(32)17-20-37(30,38)6/h10-13,15,22,24-26,29-32,39H,9,14,16-21,23H2,1-8H3/t25-,26-,29+,30-,31+,32-,36+,37-,38-/m1/s1. The smallest absolute Gasteiger partial charge is 0.338 e. The molecule has 0 spiro atoms. The molecule has 43 heavy (non-hydrogen) atoms. The number of benzene rings is 1. The van der Waals surface area contributed by atoms with Gasteiger partial charge >= 0.3 is 5.97 Å². The molecule has 1 aromatic carbocycles.